The van der Waals surface area contributed by atoms with Crippen LogP contribution in [-0.4, -0.2) is 25.7 Å². The third-order valence-corrected chi connectivity index (χ3v) is 5.84. The predicted molar refractivity (Wildman–Crippen MR) is 77.7 cm³/mol. The fraction of sp³-hybridized carbons (Fsp3) is 0.538. The van der Waals surface area contributed by atoms with E-state index in [1.165, 1.54) is 0 Å². The summed E-state index contributed by atoms with van der Waals surface area (Å²) in [5, 5.41) is 10.2. The molecule has 0 unspecified atom stereocenters. The SMILES string of the molecule is O=S(=O)(NC1(CO)CCCC1)c1ccc(CBr)cc1. The van der Waals surface area contributed by atoms with Crippen LogP contribution in [0.2, 0.25) is 0 Å². The number of benzene rings is 1. The van der Waals surface area contributed by atoms with Crippen LogP contribution in [0.4, 0.5) is 0 Å². The van der Waals surface area contributed by atoms with Crippen molar-refractivity contribution in [2.75, 3.05) is 6.61 Å². The number of aliphatic hydroxyl groups excluding tert-OH is 1. The highest BCUT2D eigenvalue weighted by molar-refractivity contribution is 9.08. The minimum Gasteiger partial charge on any atom is -0.394 e. The van der Waals surface area contributed by atoms with Crippen molar-refractivity contribution in [1.29, 1.82) is 0 Å². The number of hydrogen-bond donors (Lipinski definition) is 2. The molecule has 1 fully saturated rings. The van der Waals surface area contributed by atoms with Gasteiger partial charge >= 0.3 is 0 Å². The Morgan fingerprint density at radius 2 is 1.79 bits per heavy atom. The van der Waals surface area contributed by atoms with Gasteiger partial charge in [0.15, 0.2) is 0 Å². The van der Waals surface area contributed by atoms with Crippen LogP contribution in [-0.2, 0) is 15.4 Å². The highest BCUT2D eigenvalue weighted by Gasteiger charge is 2.37. The topological polar surface area (TPSA) is 66.4 Å². The lowest BCUT2D eigenvalue weighted by atomic mass is 10.0. The monoisotopic (exact) mass is 347 g/mol. The first-order valence-corrected chi connectivity index (χ1v) is 8.92. The van der Waals surface area contributed by atoms with E-state index in [4.69, 9.17) is 0 Å². The molecule has 106 valence electrons. The Balaban J connectivity index is 2.21. The summed E-state index contributed by atoms with van der Waals surface area (Å²) in [5.41, 5.74) is 0.351. The van der Waals surface area contributed by atoms with Gasteiger partial charge in [0.1, 0.15) is 0 Å². The number of sulfonamides is 1. The van der Waals surface area contributed by atoms with Gasteiger partial charge in [-0.15, -0.1) is 0 Å². The molecule has 4 nitrogen and oxygen atoms in total. The number of nitrogens with one attached hydrogen (secondary N) is 1. The van der Waals surface area contributed by atoms with E-state index in [1.807, 2.05) is 0 Å². The number of halogens is 1. The van der Waals surface area contributed by atoms with Gasteiger partial charge in [-0.05, 0) is 30.5 Å². The summed E-state index contributed by atoms with van der Waals surface area (Å²) >= 11 is 3.33. The molecule has 19 heavy (non-hydrogen) atoms. The third-order valence-electron chi connectivity index (χ3n) is 3.60. The zero-order valence-electron chi connectivity index (χ0n) is 10.6. The van der Waals surface area contributed by atoms with Crippen LogP contribution >= 0.6 is 15.9 Å². The van der Waals surface area contributed by atoms with Crippen molar-refractivity contribution in [2.24, 2.45) is 0 Å². The molecule has 1 aromatic carbocycles. The zero-order valence-corrected chi connectivity index (χ0v) is 13.0. The van der Waals surface area contributed by atoms with Crippen molar-refractivity contribution in [3.8, 4) is 0 Å². The molecule has 0 spiro atoms. The van der Waals surface area contributed by atoms with Gasteiger partial charge < -0.3 is 5.11 Å². The van der Waals surface area contributed by atoms with Crippen LogP contribution in [0.25, 0.3) is 0 Å². The quantitative estimate of drug-likeness (QED) is 0.802. The number of alkyl halides is 1. The van der Waals surface area contributed by atoms with E-state index in [0.29, 0.717) is 18.2 Å². The first-order valence-electron chi connectivity index (χ1n) is 6.31. The normalized spacial score (nSPS) is 18.6. The minimum absolute atomic E-state index is 0.147. The highest BCUT2D eigenvalue weighted by Crippen LogP contribution is 2.30. The Morgan fingerprint density at radius 1 is 1.21 bits per heavy atom. The van der Waals surface area contributed by atoms with Crippen LogP contribution in [0.1, 0.15) is 31.2 Å². The van der Waals surface area contributed by atoms with Crippen molar-refractivity contribution in [3.63, 3.8) is 0 Å². The van der Waals surface area contributed by atoms with Gasteiger partial charge in [0.25, 0.3) is 0 Å². The molecule has 1 aromatic rings. The van der Waals surface area contributed by atoms with Crippen molar-refractivity contribution in [2.45, 2.75) is 41.4 Å². The molecule has 0 aliphatic heterocycles. The summed E-state index contributed by atoms with van der Waals surface area (Å²) in [4.78, 5) is 0.247. The molecule has 0 heterocycles. The Morgan fingerprint density at radius 3 is 2.26 bits per heavy atom. The highest BCUT2D eigenvalue weighted by atomic mass is 79.9. The lowest BCUT2D eigenvalue weighted by Gasteiger charge is -2.27. The van der Waals surface area contributed by atoms with Gasteiger partial charge in [-0.2, -0.15) is 0 Å². The molecule has 2 N–H and O–H groups in total. The van der Waals surface area contributed by atoms with Crippen molar-refractivity contribution in [1.82, 2.24) is 4.72 Å². The molecule has 0 radical (unpaired) electrons. The van der Waals surface area contributed by atoms with Crippen molar-refractivity contribution < 1.29 is 13.5 Å². The second-order valence-electron chi connectivity index (χ2n) is 5.03. The second kappa shape index (κ2) is 5.91. The standard InChI is InChI=1S/C13H18BrNO3S/c14-9-11-3-5-12(6-4-11)19(17,18)15-13(10-16)7-1-2-8-13/h3-6,15-16H,1-2,7-10H2. The average molecular weight is 348 g/mol. The summed E-state index contributed by atoms with van der Waals surface area (Å²) < 4.78 is 27.3. The van der Waals surface area contributed by atoms with E-state index in [0.717, 1.165) is 18.4 Å². The van der Waals surface area contributed by atoms with Gasteiger partial charge in [-0.25, -0.2) is 13.1 Å². The Hall–Kier alpha value is -0.430. The molecule has 0 saturated heterocycles. The van der Waals surface area contributed by atoms with Gasteiger partial charge in [0.2, 0.25) is 10.0 Å². The first-order chi connectivity index (χ1) is 9.01. The van der Waals surface area contributed by atoms with E-state index < -0.39 is 15.6 Å². The summed E-state index contributed by atoms with van der Waals surface area (Å²) in [6.07, 6.45) is 3.29. The summed E-state index contributed by atoms with van der Waals surface area (Å²) in [6, 6.07) is 6.76. The molecule has 1 aliphatic rings. The maximum absolute atomic E-state index is 12.3. The zero-order chi connectivity index (χ0) is 13.9. The lowest BCUT2D eigenvalue weighted by molar-refractivity contribution is 0.185. The van der Waals surface area contributed by atoms with Crippen LogP contribution in [0.3, 0.4) is 0 Å². The van der Waals surface area contributed by atoms with E-state index in [-0.39, 0.29) is 11.5 Å². The second-order valence-corrected chi connectivity index (χ2v) is 7.27. The molecule has 0 aromatic heterocycles. The van der Waals surface area contributed by atoms with Gasteiger partial charge in [-0.3, -0.25) is 0 Å². The summed E-state index contributed by atoms with van der Waals surface area (Å²) in [5.74, 6) is 0. The van der Waals surface area contributed by atoms with Crippen LogP contribution in [0.15, 0.2) is 29.2 Å². The number of hydrogen-bond acceptors (Lipinski definition) is 3. The van der Waals surface area contributed by atoms with E-state index >= 15 is 0 Å². The van der Waals surface area contributed by atoms with Crippen LogP contribution in [0.5, 0.6) is 0 Å². The van der Waals surface area contributed by atoms with Crippen LogP contribution < -0.4 is 4.72 Å². The molecule has 0 atom stereocenters. The molecular formula is C13H18BrNO3S. The van der Waals surface area contributed by atoms with Gasteiger partial charge in [0, 0.05) is 5.33 Å². The Labute approximate surface area is 122 Å². The Kier molecular flexibility index (Phi) is 4.66. The summed E-state index contributed by atoms with van der Waals surface area (Å²) in [7, 11) is -3.56. The average Bonchev–Trinajstić information content (AvgIpc) is 2.87. The van der Waals surface area contributed by atoms with Crippen molar-refractivity contribution in [3.05, 3.63) is 29.8 Å². The van der Waals surface area contributed by atoms with Crippen molar-refractivity contribution >= 4 is 26.0 Å². The number of aliphatic hydroxyl groups is 1. The third kappa shape index (κ3) is 3.37. The fourth-order valence-corrected chi connectivity index (χ4v) is 4.27. The maximum Gasteiger partial charge on any atom is 0.241 e. The minimum atomic E-state index is -3.56. The summed E-state index contributed by atoms with van der Waals surface area (Å²) in [6.45, 7) is -0.147. The maximum atomic E-state index is 12.3. The van der Waals surface area contributed by atoms with E-state index in [2.05, 4.69) is 20.7 Å². The molecule has 2 rings (SSSR count). The molecular weight excluding hydrogens is 330 g/mol. The van der Waals surface area contributed by atoms with E-state index in [1.54, 1.807) is 24.3 Å². The molecule has 0 amide bonds. The van der Waals surface area contributed by atoms with Crippen LogP contribution in [0, 0.1) is 0 Å². The Bertz CT molecular complexity index is 521. The predicted octanol–water partition coefficient (Wildman–Crippen LogP) is 2.16. The lowest BCUT2D eigenvalue weighted by Crippen LogP contribution is -2.49. The van der Waals surface area contributed by atoms with Gasteiger partial charge in [0.05, 0.1) is 17.0 Å². The van der Waals surface area contributed by atoms with E-state index in [9.17, 15) is 13.5 Å². The molecule has 0 bridgehead atoms. The smallest absolute Gasteiger partial charge is 0.241 e. The molecule has 1 saturated carbocycles. The molecule has 1 aliphatic carbocycles. The fourth-order valence-electron chi connectivity index (χ4n) is 2.45. The first kappa shape index (κ1) is 15.0. The molecule has 6 heteroatoms. The largest absolute Gasteiger partial charge is 0.394 e. The number of rotatable bonds is 5. The van der Waals surface area contributed by atoms with Gasteiger partial charge in [-0.1, -0.05) is 40.9 Å².